The quantitative estimate of drug-likeness (QED) is 0.791. The van der Waals surface area contributed by atoms with Crippen molar-refractivity contribution in [3.05, 3.63) is 29.7 Å². The lowest BCUT2D eigenvalue weighted by Gasteiger charge is -2.07. The summed E-state index contributed by atoms with van der Waals surface area (Å²) in [6.45, 7) is 3.92. The molecule has 74 valence electrons. The van der Waals surface area contributed by atoms with E-state index in [2.05, 4.69) is 11.9 Å². The van der Waals surface area contributed by atoms with Crippen molar-refractivity contribution in [2.75, 3.05) is 0 Å². The first-order valence-electron chi connectivity index (χ1n) is 4.83. The van der Waals surface area contributed by atoms with Crippen molar-refractivity contribution in [3.63, 3.8) is 0 Å². The Hall–Kier alpha value is -1.35. The maximum Gasteiger partial charge on any atom is 0.192 e. The summed E-state index contributed by atoms with van der Waals surface area (Å²) in [6, 6.07) is 6.03. The van der Waals surface area contributed by atoms with Gasteiger partial charge in [-0.25, -0.2) is 4.98 Å². The van der Waals surface area contributed by atoms with Crippen molar-refractivity contribution in [2.45, 2.75) is 26.3 Å². The molecule has 2 N–H and O–H groups in total. The van der Waals surface area contributed by atoms with E-state index >= 15 is 0 Å². The van der Waals surface area contributed by atoms with Crippen LogP contribution in [0, 0.1) is 6.92 Å². The summed E-state index contributed by atoms with van der Waals surface area (Å²) >= 11 is 0. The average Bonchev–Trinajstić information content (AvgIpc) is 2.55. The second-order valence-electron chi connectivity index (χ2n) is 3.47. The molecule has 0 amide bonds. The van der Waals surface area contributed by atoms with Gasteiger partial charge in [-0.2, -0.15) is 0 Å². The predicted octanol–water partition coefficient (Wildman–Crippen LogP) is 2.55. The zero-order valence-corrected chi connectivity index (χ0v) is 8.45. The number of benzene rings is 1. The fourth-order valence-corrected chi connectivity index (χ4v) is 1.52. The maximum atomic E-state index is 5.93. The number of hydrogen-bond donors (Lipinski definition) is 1. The van der Waals surface area contributed by atoms with Crippen LogP contribution in [0.5, 0.6) is 0 Å². The highest BCUT2D eigenvalue weighted by molar-refractivity contribution is 5.73. The molecule has 0 saturated heterocycles. The number of nitrogens with two attached hydrogens (primary N) is 1. The fourth-order valence-electron chi connectivity index (χ4n) is 1.52. The van der Waals surface area contributed by atoms with Crippen molar-refractivity contribution in [3.8, 4) is 0 Å². The standard InChI is InChI=1S/C11H14N2O/c1-3-9(12)8-4-5-10-11(6-8)14-7(2)13-10/h4-6,9H,3,12H2,1-2H3. The number of fused-ring (bicyclic) bond motifs is 1. The largest absolute Gasteiger partial charge is 0.441 e. The summed E-state index contributed by atoms with van der Waals surface area (Å²) in [7, 11) is 0. The first-order valence-corrected chi connectivity index (χ1v) is 4.83. The Morgan fingerprint density at radius 2 is 2.29 bits per heavy atom. The lowest BCUT2D eigenvalue weighted by atomic mass is 10.1. The molecule has 0 fully saturated rings. The Bertz CT molecular complexity index is 447. The van der Waals surface area contributed by atoms with E-state index in [1.165, 1.54) is 0 Å². The number of nitrogens with zero attached hydrogens (tertiary/aromatic N) is 1. The van der Waals surface area contributed by atoms with Gasteiger partial charge in [0.25, 0.3) is 0 Å². The van der Waals surface area contributed by atoms with Gasteiger partial charge < -0.3 is 10.2 Å². The summed E-state index contributed by atoms with van der Waals surface area (Å²) in [6.07, 6.45) is 0.929. The number of hydrogen-bond acceptors (Lipinski definition) is 3. The minimum atomic E-state index is 0.0878. The molecule has 0 aliphatic carbocycles. The van der Waals surface area contributed by atoms with Crippen LogP contribution in [0.3, 0.4) is 0 Å². The van der Waals surface area contributed by atoms with Gasteiger partial charge in [0.2, 0.25) is 0 Å². The molecule has 2 rings (SSSR count). The molecular formula is C11H14N2O. The van der Waals surface area contributed by atoms with Crippen LogP contribution < -0.4 is 5.73 Å². The molecule has 1 unspecified atom stereocenters. The van der Waals surface area contributed by atoms with Gasteiger partial charge in [-0.3, -0.25) is 0 Å². The Kier molecular flexibility index (Phi) is 2.25. The molecule has 0 radical (unpaired) electrons. The van der Waals surface area contributed by atoms with Crippen LogP contribution in [0.2, 0.25) is 0 Å². The minimum Gasteiger partial charge on any atom is -0.441 e. The molecule has 1 heterocycles. The van der Waals surface area contributed by atoms with Gasteiger partial charge in [-0.15, -0.1) is 0 Å². The van der Waals surface area contributed by atoms with Crippen molar-refractivity contribution >= 4 is 11.1 Å². The van der Waals surface area contributed by atoms with Gasteiger partial charge >= 0.3 is 0 Å². The summed E-state index contributed by atoms with van der Waals surface area (Å²) in [5.41, 5.74) is 8.76. The fraction of sp³-hybridized carbons (Fsp3) is 0.364. The molecule has 1 aromatic carbocycles. The molecule has 3 nitrogen and oxygen atoms in total. The van der Waals surface area contributed by atoms with Crippen molar-refractivity contribution in [2.24, 2.45) is 5.73 Å². The van der Waals surface area contributed by atoms with E-state index in [9.17, 15) is 0 Å². The third-order valence-electron chi connectivity index (χ3n) is 2.39. The van der Waals surface area contributed by atoms with E-state index in [4.69, 9.17) is 10.2 Å². The molecule has 0 spiro atoms. The van der Waals surface area contributed by atoms with Crippen LogP contribution in [-0.4, -0.2) is 4.98 Å². The number of oxazole rings is 1. The van der Waals surface area contributed by atoms with E-state index in [1.807, 2.05) is 25.1 Å². The van der Waals surface area contributed by atoms with E-state index in [0.717, 1.165) is 23.1 Å². The van der Waals surface area contributed by atoms with Gasteiger partial charge in [0.1, 0.15) is 5.52 Å². The van der Waals surface area contributed by atoms with Gasteiger partial charge in [-0.05, 0) is 24.1 Å². The van der Waals surface area contributed by atoms with Crippen molar-refractivity contribution in [1.29, 1.82) is 0 Å². The third-order valence-corrected chi connectivity index (χ3v) is 2.39. The first kappa shape index (κ1) is 9.21. The van der Waals surface area contributed by atoms with Crippen LogP contribution in [0.25, 0.3) is 11.1 Å². The zero-order chi connectivity index (χ0) is 10.1. The number of rotatable bonds is 2. The van der Waals surface area contributed by atoms with Crippen LogP contribution >= 0.6 is 0 Å². The molecule has 0 bridgehead atoms. The topological polar surface area (TPSA) is 52.0 Å². The highest BCUT2D eigenvalue weighted by Gasteiger charge is 2.07. The van der Waals surface area contributed by atoms with E-state index < -0.39 is 0 Å². The first-order chi connectivity index (χ1) is 6.70. The Labute approximate surface area is 82.9 Å². The summed E-state index contributed by atoms with van der Waals surface area (Å²) in [5, 5.41) is 0. The zero-order valence-electron chi connectivity index (χ0n) is 8.45. The monoisotopic (exact) mass is 190 g/mol. The molecule has 0 aliphatic rings. The molecule has 3 heteroatoms. The van der Waals surface area contributed by atoms with Gasteiger partial charge in [-0.1, -0.05) is 13.0 Å². The van der Waals surface area contributed by atoms with Crippen molar-refractivity contribution in [1.82, 2.24) is 4.98 Å². The number of aryl methyl sites for hydroxylation is 1. The molecule has 2 aromatic rings. The smallest absolute Gasteiger partial charge is 0.192 e. The normalized spacial score (nSPS) is 13.4. The van der Waals surface area contributed by atoms with Gasteiger partial charge in [0, 0.05) is 13.0 Å². The van der Waals surface area contributed by atoms with E-state index in [0.29, 0.717) is 5.89 Å². The highest BCUT2D eigenvalue weighted by atomic mass is 16.3. The average molecular weight is 190 g/mol. The Morgan fingerprint density at radius 3 is 3.00 bits per heavy atom. The van der Waals surface area contributed by atoms with E-state index in [-0.39, 0.29) is 6.04 Å². The summed E-state index contributed by atoms with van der Waals surface area (Å²) in [4.78, 5) is 4.23. The predicted molar refractivity (Wildman–Crippen MR) is 56.0 cm³/mol. The second-order valence-corrected chi connectivity index (χ2v) is 3.47. The summed E-state index contributed by atoms with van der Waals surface area (Å²) < 4.78 is 5.44. The minimum absolute atomic E-state index is 0.0878. The molecule has 1 aromatic heterocycles. The second kappa shape index (κ2) is 3.42. The van der Waals surface area contributed by atoms with E-state index in [1.54, 1.807) is 0 Å². The molecule has 0 aliphatic heterocycles. The Morgan fingerprint density at radius 1 is 1.50 bits per heavy atom. The SMILES string of the molecule is CCC(N)c1ccc2nc(C)oc2c1. The van der Waals surface area contributed by atoms with Crippen LogP contribution in [0.15, 0.2) is 22.6 Å². The van der Waals surface area contributed by atoms with Crippen LogP contribution in [-0.2, 0) is 0 Å². The van der Waals surface area contributed by atoms with Crippen LogP contribution in [0.4, 0.5) is 0 Å². The molecule has 0 saturated carbocycles. The van der Waals surface area contributed by atoms with Crippen LogP contribution in [0.1, 0.15) is 30.8 Å². The van der Waals surface area contributed by atoms with Crippen molar-refractivity contribution < 1.29 is 4.42 Å². The number of aromatic nitrogens is 1. The summed E-state index contributed by atoms with van der Waals surface area (Å²) in [5.74, 6) is 0.696. The van der Waals surface area contributed by atoms with Gasteiger partial charge in [0.15, 0.2) is 11.5 Å². The Balaban J connectivity index is 2.50. The highest BCUT2D eigenvalue weighted by Crippen LogP contribution is 2.21. The molecule has 1 atom stereocenters. The molecule has 14 heavy (non-hydrogen) atoms. The lowest BCUT2D eigenvalue weighted by molar-refractivity contribution is 0.560. The lowest BCUT2D eigenvalue weighted by Crippen LogP contribution is -2.07. The molecular weight excluding hydrogens is 176 g/mol. The maximum absolute atomic E-state index is 5.93. The third kappa shape index (κ3) is 1.51. The van der Waals surface area contributed by atoms with Gasteiger partial charge in [0.05, 0.1) is 0 Å².